The molecule has 0 radical (unpaired) electrons. The molecule has 124 valence electrons. The van der Waals surface area contributed by atoms with E-state index < -0.39 is 0 Å². The Morgan fingerprint density at radius 2 is 2.09 bits per heavy atom. The van der Waals surface area contributed by atoms with Crippen molar-refractivity contribution in [3.8, 4) is 5.95 Å². The zero-order valence-corrected chi connectivity index (χ0v) is 13.9. The molecule has 0 unspecified atom stereocenters. The van der Waals surface area contributed by atoms with Gasteiger partial charge in [0, 0.05) is 50.5 Å². The van der Waals surface area contributed by atoms with Gasteiger partial charge in [-0.3, -0.25) is 9.47 Å². The third-order valence-corrected chi connectivity index (χ3v) is 4.11. The second kappa shape index (κ2) is 7.68. The highest BCUT2D eigenvalue weighted by atomic mass is 16.5. The summed E-state index contributed by atoms with van der Waals surface area (Å²) in [5.74, 6) is 0.727. The van der Waals surface area contributed by atoms with E-state index in [0.29, 0.717) is 6.10 Å². The van der Waals surface area contributed by atoms with Crippen LogP contribution in [0.1, 0.15) is 12.1 Å². The molecule has 0 aliphatic carbocycles. The Bertz CT molecular complexity index is 598. The minimum Gasteiger partial charge on any atom is -0.376 e. The molecule has 3 rings (SSSR count). The first-order chi connectivity index (χ1) is 11.2. The average molecular weight is 315 g/mol. The van der Waals surface area contributed by atoms with Gasteiger partial charge in [-0.25, -0.2) is 9.97 Å². The molecule has 1 atom stereocenters. The van der Waals surface area contributed by atoms with Crippen molar-refractivity contribution in [1.82, 2.24) is 24.3 Å². The Hall–Kier alpha value is -1.76. The van der Waals surface area contributed by atoms with E-state index in [1.807, 2.05) is 12.3 Å². The minimum absolute atomic E-state index is 0.322. The van der Waals surface area contributed by atoms with Crippen LogP contribution in [0.4, 0.5) is 0 Å². The molecule has 0 spiro atoms. The van der Waals surface area contributed by atoms with E-state index in [4.69, 9.17) is 4.74 Å². The molecule has 6 nitrogen and oxygen atoms in total. The number of morpholine rings is 1. The van der Waals surface area contributed by atoms with Crippen molar-refractivity contribution in [2.45, 2.75) is 19.1 Å². The summed E-state index contributed by atoms with van der Waals surface area (Å²) in [5, 5.41) is 0. The normalized spacial score (nSPS) is 19.3. The molecule has 2 aromatic heterocycles. The number of rotatable bonds is 6. The zero-order chi connectivity index (χ0) is 16.1. The summed E-state index contributed by atoms with van der Waals surface area (Å²) in [4.78, 5) is 13.3. The van der Waals surface area contributed by atoms with E-state index in [1.165, 1.54) is 5.69 Å². The molecule has 23 heavy (non-hydrogen) atoms. The van der Waals surface area contributed by atoms with E-state index in [2.05, 4.69) is 50.6 Å². The number of nitrogens with zero attached hydrogens (tertiary/aromatic N) is 5. The van der Waals surface area contributed by atoms with Gasteiger partial charge in [-0.2, -0.15) is 0 Å². The van der Waals surface area contributed by atoms with Crippen LogP contribution in [-0.4, -0.2) is 70.8 Å². The molecule has 1 fully saturated rings. The monoisotopic (exact) mass is 315 g/mol. The van der Waals surface area contributed by atoms with Crippen molar-refractivity contribution < 1.29 is 4.74 Å². The fourth-order valence-electron chi connectivity index (χ4n) is 2.89. The second-order valence-electron chi connectivity index (χ2n) is 6.24. The zero-order valence-electron chi connectivity index (χ0n) is 13.9. The van der Waals surface area contributed by atoms with Crippen LogP contribution in [0.3, 0.4) is 0 Å². The van der Waals surface area contributed by atoms with Crippen molar-refractivity contribution in [3.05, 3.63) is 42.5 Å². The molecular weight excluding hydrogens is 290 g/mol. The van der Waals surface area contributed by atoms with Gasteiger partial charge in [-0.05, 0) is 38.7 Å². The van der Waals surface area contributed by atoms with Crippen molar-refractivity contribution >= 4 is 0 Å². The molecule has 0 saturated carbocycles. The fourth-order valence-corrected chi connectivity index (χ4v) is 2.89. The fraction of sp³-hybridized carbons (Fsp3) is 0.529. The molecule has 2 aromatic rings. The van der Waals surface area contributed by atoms with Gasteiger partial charge >= 0.3 is 0 Å². The third kappa shape index (κ3) is 4.37. The Labute approximate surface area is 137 Å². The first-order valence-corrected chi connectivity index (χ1v) is 8.14. The van der Waals surface area contributed by atoms with Crippen molar-refractivity contribution in [2.24, 2.45) is 0 Å². The molecular formula is C17H25N5O. The summed E-state index contributed by atoms with van der Waals surface area (Å²) in [6.07, 6.45) is 6.97. The van der Waals surface area contributed by atoms with Gasteiger partial charge in [-0.15, -0.1) is 0 Å². The summed E-state index contributed by atoms with van der Waals surface area (Å²) in [6, 6.07) is 6.03. The molecule has 6 heteroatoms. The Morgan fingerprint density at radius 3 is 2.87 bits per heavy atom. The first kappa shape index (κ1) is 16.1. The van der Waals surface area contributed by atoms with Crippen LogP contribution in [0.5, 0.6) is 0 Å². The summed E-state index contributed by atoms with van der Waals surface area (Å²) in [7, 11) is 4.21. The lowest BCUT2D eigenvalue weighted by atomic mass is 10.2. The number of aromatic nitrogens is 3. The van der Waals surface area contributed by atoms with E-state index >= 15 is 0 Å². The highest BCUT2D eigenvalue weighted by molar-refractivity contribution is 5.20. The van der Waals surface area contributed by atoms with Crippen LogP contribution < -0.4 is 0 Å². The van der Waals surface area contributed by atoms with Crippen LogP contribution in [0, 0.1) is 0 Å². The van der Waals surface area contributed by atoms with E-state index in [-0.39, 0.29) is 0 Å². The molecule has 1 saturated heterocycles. The Morgan fingerprint density at radius 1 is 1.26 bits per heavy atom. The lowest BCUT2D eigenvalue weighted by Crippen LogP contribution is -2.43. The summed E-state index contributed by atoms with van der Waals surface area (Å²) >= 11 is 0. The highest BCUT2D eigenvalue weighted by Crippen LogP contribution is 2.15. The highest BCUT2D eigenvalue weighted by Gasteiger charge is 2.21. The van der Waals surface area contributed by atoms with Gasteiger partial charge < -0.3 is 9.64 Å². The quantitative estimate of drug-likeness (QED) is 0.807. The van der Waals surface area contributed by atoms with Gasteiger partial charge in [0.25, 0.3) is 0 Å². The topological polar surface area (TPSA) is 46.4 Å². The molecule has 3 heterocycles. The molecule has 0 bridgehead atoms. The molecule has 0 aromatic carbocycles. The van der Waals surface area contributed by atoms with Crippen molar-refractivity contribution in [2.75, 3.05) is 40.3 Å². The van der Waals surface area contributed by atoms with Crippen molar-refractivity contribution in [1.29, 1.82) is 0 Å². The van der Waals surface area contributed by atoms with Gasteiger partial charge in [0.2, 0.25) is 5.95 Å². The summed E-state index contributed by atoms with van der Waals surface area (Å²) < 4.78 is 7.95. The van der Waals surface area contributed by atoms with Crippen LogP contribution in [0.2, 0.25) is 0 Å². The maximum absolute atomic E-state index is 5.89. The van der Waals surface area contributed by atoms with Crippen LogP contribution >= 0.6 is 0 Å². The van der Waals surface area contributed by atoms with Crippen LogP contribution in [0.15, 0.2) is 36.8 Å². The Balaban J connectivity index is 1.62. The third-order valence-electron chi connectivity index (χ3n) is 4.11. The Kier molecular flexibility index (Phi) is 5.38. The maximum Gasteiger partial charge on any atom is 0.233 e. The standard InChI is InChI=1S/C17H25N5O/c1-20(2)10-6-16-14-21(11-12-23-16)13-15-5-3-9-22(15)17-18-7-4-8-19-17/h3-5,7-9,16H,6,10-14H2,1-2H3/t16-/m1/s1. The molecule has 0 N–H and O–H groups in total. The smallest absolute Gasteiger partial charge is 0.233 e. The van der Waals surface area contributed by atoms with E-state index in [9.17, 15) is 0 Å². The maximum atomic E-state index is 5.89. The average Bonchev–Trinajstić information content (AvgIpc) is 3.02. The lowest BCUT2D eigenvalue weighted by molar-refractivity contribution is -0.0374. The summed E-state index contributed by atoms with van der Waals surface area (Å²) in [5.41, 5.74) is 1.21. The predicted molar refractivity (Wildman–Crippen MR) is 89.5 cm³/mol. The van der Waals surface area contributed by atoms with Gasteiger partial charge in [0.15, 0.2) is 0 Å². The first-order valence-electron chi connectivity index (χ1n) is 8.14. The van der Waals surface area contributed by atoms with Crippen molar-refractivity contribution in [3.63, 3.8) is 0 Å². The second-order valence-corrected chi connectivity index (χ2v) is 6.24. The lowest BCUT2D eigenvalue weighted by Gasteiger charge is -2.33. The SMILES string of the molecule is CN(C)CC[C@@H]1CN(Cc2cccn2-c2ncccn2)CCO1. The van der Waals surface area contributed by atoms with Crippen LogP contribution in [0.25, 0.3) is 5.95 Å². The molecule has 1 aliphatic heterocycles. The minimum atomic E-state index is 0.322. The van der Waals surface area contributed by atoms with Gasteiger partial charge in [-0.1, -0.05) is 0 Å². The largest absolute Gasteiger partial charge is 0.376 e. The van der Waals surface area contributed by atoms with Gasteiger partial charge in [0.1, 0.15) is 0 Å². The molecule has 0 amide bonds. The van der Waals surface area contributed by atoms with Gasteiger partial charge in [0.05, 0.1) is 12.7 Å². The number of hydrogen-bond donors (Lipinski definition) is 0. The number of ether oxygens (including phenoxy) is 1. The predicted octanol–water partition coefficient (Wildman–Crippen LogP) is 1.42. The number of hydrogen-bond acceptors (Lipinski definition) is 5. The van der Waals surface area contributed by atoms with E-state index in [1.54, 1.807) is 12.4 Å². The van der Waals surface area contributed by atoms with E-state index in [0.717, 1.165) is 45.2 Å². The summed E-state index contributed by atoms with van der Waals surface area (Å²) in [6.45, 7) is 4.72. The molecule has 1 aliphatic rings. The van der Waals surface area contributed by atoms with Crippen LogP contribution in [-0.2, 0) is 11.3 Å².